The lowest BCUT2D eigenvalue weighted by Gasteiger charge is -2.07. The van der Waals surface area contributed by atoms with Gasteiger partial charge in [-0.1, -0.05) is 6.92 Å². The smallest absolute Gasteiger partial charge is 0.260 e. The predicted octanol–water partition coefficient (Wildman–Crippen LogP) is -1.19. The van der Waals surface area contributed by atoms with Gasteiger partial charge >= 0.3 is 0 Å². The summed E-state index contributed by atoms with van der Waals surface area (Å²) in [5.74, 6) is -0.372. The van der Waals surface area contributed by atoms with Crippen LogP contribution in [-0.4, -0.2) is 50.1 Å². The molecular formula is C11H21N5O3S. The number of imidazole rings is 1. The average molecular weight is 303 g/mol. The Balaban J connectivity index is 2.30. The van der Waals surface area contributed by atoms with Crippen LogP contribution in [-0.2, 0) is 21.9 Å². The summed E-state index contributed by atoms with van der Waals surface area (Å²) >= 11 is 0. The van der Waals surface area contributed by atoms with E-state index in [1.807, 2.05) is 0 Å². The van der Waals surface area contributed by atoms with E-state index in [4.69, 9.17) is 0 Å². The lowest BCUT2D eigenvalue weighted by molar-refractivity contribution is -0.119. The second-order valence-corrected chi connectivity index (χ2v) is 6.02. The highest BCUT2D eigenvalue weighted by Gasteiger charge is 2.17. The van der Waals surface area contributed by atoms with E-state index in [9.17, 15) is 13.2 Å². The minimum Gasteiger partial charge on any atom is -0.354 e. The third-order valence-corrected chi connectivity index (χ3v) is 3.72. The summed E-state index contributed by atoms with van der Waals surface area (Å²) in [4.78, 5) is 15.2. The molecule has 1 aromatic heterocycles. The van der Waals surface area contributed by atoms with Crippen molar-refractivity contribution in [2.75, 3.05) is 26.2 Å². The van der Waals surface area contributed by atoms with Crippen LogP contribution in [0.5, 0.6) is 0 Å². The van der Waals surface area contributed by atoms with Crippen molar-refractivity contribution in [3.63, 3.8) is 0 Å². The van der Waals surface area contributed by atoms with Crippen molar-refractivity contribution in [2.45, 2.75) is 18.4 Å². The molecule has 3 N–H and O–H groups in total. The number of carbonyl (C=O) groups is 1. The van der Waals surface area contributed by atoms with Crippen LogP contribution in [0, 0.1) is 0 Å². The maximum atomic E-state index is 11.8. The first-order chi connectivity index (χ1) is 9.45. The number of nitrogens with zero attached hydrogens (tertiary/aromatic N) is 2. The molecule has 0 fully saturated rings. The molecule has 114 valence electrons. The second kappa shape index (κ2) is 7.98. The molecule has 0 unspecified atom stereocenters. The molecule has 20 heavy (non-hydrogen) atoms. The van der Waals surface area contributed by atoms with Crippen LogP contribution >= 0.6 is 0 Å². The Labute approximate surface area is 119 Å². The van der Waals surface area contributed by atoms with Crippen LogP contribution in [0.15, 0.2) is 17.6 Å². The zero-order valence-electron chi connectivity index (χ0n) is 11.7. The van der Waals surface area contributed by atoms with Gasteiger partial charge in [0.2, 0.25) is 5.91 Å². The topological polar surface area (TPSA) is 105 Å². The molecule has 0 radical (unpaired) electrons. The van der Waals surface area contributed by atoms with Crippen LogP contribution in [0.25, 0.3) is 0 Å². The van der Waals surface area contributed by atoms with E-state index in [1.54, 1.807) is 7.05 Å². The molecule has 1 heterocycles. The first-order valence-electron chi connectivity index (χ1n) is 6.40. The molecule has 0 saturated carbocycles. The molecule has 0 bridgehead atoms. The van der Waals surface area contributed by atoms with Crippen molar-refractivity contribution in [2.24, 2.45) is 7.05 Å². The van der Waals surface area contributed by atoms with Gasteiger partial charge in [0.15, 0.2) is 5.03 Å². The molecular weight excluding hydrogens is 282 g/mol. The van der Waals surface area contributed by atoms with E-state index in [1.165, 1.54) is 17.1 Å². The van der Waals surface area contributed by atoms with Gasteiger partial charge in [0.25, 0.3) is 10.0 Å². The Kier molecular flexibility index (Phi) is 6.62. The molecule has 0 aromatic carbocycles. The summed E-state index contributed by atoms with van der Waals surface area (Å²) < 4.78 is 27.3. The van der Waals surface area contributed by atoms with Crippen LogP contribution in [0.4, 0.5) is 0 Å². The van der Waals surface area contributed by atoms with E-state index in [-0.39, 0.29) is 17.5 Å². The average Bonchev–Trinajstić information content (AvgIpc) is 2.84. The molecule has 9 heteroatoms. The van der Waals surface area contributed by atoms with E-state index >= 15 is 0 Å². The van der Waals surface area contributed by atoms with E-state index < -0.39 is 10.0 Å². The summed E-state index contributed by atoms with van der Waals surface area (Å²) in [5, 5.41) is 5.64. The fraction of sp³-hybridized carbons (Fsp3) is 0.636. The molecule has 0 aliphatic heterocycles. The molecule has 0 aliphatic carbocycles. The summed E-state index contributed by atoms with van der Waals surface area (Å²) in [6.07, 6.45) is 3.78. The van der Waals surface area contributed by atoms with Gasteiger partial charge in [0, 0.05) is 26.3 Å². The van der Waals surface area contributed by atoms with Crippen LogP contribution in [0.1, 0.15) is 13.3 Å². The summed E-state index contributed by atoms with van der Waals surface area (Å²) in [6.45, 7) is 3.77. The zero-order valence-corrected chi connectivity index (χ0v) is 12.5. The van der Waals surface area contributed by atoms with E-state index in [0.717, 1.165) is 13.0 Å². The van der Waals surface area contributed by atoms with Crippen molar-refractivity contribution in [1.29, 1.82) is 0 Å². The summed E-state index contributed by atoms with van der Waals surface area (Å²) in [5.41, 5.74) is 0. The number of hydrogen-bond donors (Lipinski definition) is 3. The summed E-state index contributed by atoms with van der Waals surface area (Å²) in [6, 6.07) is 0. The number of nitrogens with one attached hydrogen (secondary N) is 3. The molecule has 1 rings (SSSR count). The normalized spacial score (nSPS) is 11.5. The highest BCUT2D eigenvalue weighted by atomic mass is 32.2. The maximum Gasteiger partial charge on any atom is 0.260 e. The first kappa shape index (κ1) is 16.6. The number of rotatable bonds is 9. The maximum absolute atomic E-state index is 11.8. The standard InChI is InChI=1S/C11H21N5O3S/c1-3-4-12-5-6-13-10(17)7-15-20(18,19)11-8-16(2)9-14-11/h8-9,12,15H,3-7H2,1-2H3,(H,13,17). The van der Waals surface area contributed by atoms with Gasteiger partial charge in [-0.2, -0.15) is 0 Å². The van der Waals surface area contributed by atoms with Gasteiger partial charge in [-0.3, -0.25) is 4.79 Å². The van der Waals surface area contributed by atoms with Crippen molar-refractivity contribution in [1.82, 2.24) is 24.9 Å². The monoisotopic (exact) mass is 303 g/mol. The van der Waals surface area contributed by atoms with Gasteiger partial charge in [-0.25, -0.2) is 18.1 Å². The molecule has 0 spiro atoms. The minimum atomic E-state index is -3.73. The Hall–Kier alpha value is -1.45. The van der Waals surface area contributed by atoms with Gasteiger partial charge in [-0.05, 0) is 13.0 Å². The van der Waals surface area contributed by atoms with Crippen LogP contribution in [0.2, 0.25) is 0 Å². The number of aryl methyl sites for hydroxylation is 1. The summed E-state index contributed by atoms with van der Waals surface area (Å²) in [7, 11) is -2.06. The highest BCUT2D eigenvalue weighted by Crippen LogP contribution is 2.02. The Morgan fingerprint density at radius 1 is 1.35 bits per heavy atom. The number of amides is 1. The molecule has 8 nitrogen and oxygen atoms in total. The number of carbonyl (C=O) groups excluding carboxylic acids is 1. The fourth-order valence-electron chi connectivity index (χ4n) is 1.42. The van der Waals surface area contributed by atoms with Crippen molar-refractivity contribution in [3.8, 4) is 0 Å². The quantitative estimate of drug-likeness (QED) is 0.498. The third kappa shape index (κ3) is 5.68. The Morgan fingerprint density at radius 3 is 2.70 bits per heavy atom. The number of hydrogen-bond acceptors (Lipinski definition) is 5. The fourth-order valence-corrected chi connectivity index (χ4v) is 2.38. The molecule has 0 atom stereocenters. The van der Waals surface area contributed by atoms with Gasteiger partial charge < -0.3 is 15.2 Å². The molecule has 0 aliphatic rings. The number of aromatic nitrogens is 2. The highest BCUT2D eigenvalue weighted by molar-refractivity contribution is 7.89. The number of sulfonamides is 1. The van der Waals surface area contributed by atoms with Crippen molar-refractivity contribution >= 4 is 15.9 Å². The Morgan fingerprint density at radius 2 is 2.10 bits per heavy atom. The van der Waals surface area contributed by atoms with Crippen molar-refractivity contribution in [3.05, 3.63) is 12.5 Å². The van der Waals surface area contributed by atoms with Crippen LogP contribution < -0.4 is 15.4 Å². The van der Waals surface area contributed by atoms with Gasteiger partial charge in [-0.15, -0.1) is 0 Å². The lowest BCUT2D eigenvalue weighted by atomic mass is 10.4. The molecule has 1 amide bonds. The van der Waals surface area contributed by atoms with Gasteiger partial charge in [0.05, 0.1) is 12.9 Å². The molecule has 1 aromatic rings. The largest absolute Gasteiger partial charge is 0.354 e. The van der Waals surface area contributed by atoms with E-state index in [0.29, 0.717) is 13.1 Å². The van der Waals surface area contributed by atoms with E-state index in [2.05, 4.69) is 27.3 Å². The SMILES string of the molecule is CCCNCCNC(=O)CNS(=O)(=O)c1cn(C)cn1. The predicted molar refractivity (Wildman–Crippen MR) is 74.6 cm³/mol. The second-order valence-electron chi connectivity index (χ2n) is 4.30. The van der Waals surface area contributed by atoms with Gasteiger partial charge in [0.1, 0.15) is 0 Å². The van der Waals surface area contributed by atoms with Crippen LogP contribution in [0.3, 0.4) is 0 Å². The minimum absolute atomic E-state index is 0.0996. The molecule has 0 saturated heterocycles. The third-order valence-electron chi connectivity index (χ3n) is 2.43. The Bertz CT molecular complexity index is 526. The first-order valence-corrected chi connectivity index (χ1v) is 7.89. The zero-order chi connectivity index (χ0) is 15.0. The lowest BCUT2D eigenvalue weighted by Crippen LogP contribution is -2.39. The van der Waals surface area contributed by atoms with Crippen molar-refractivity contribution < 1.29 is 13.2 Å².